The molecule has 4 heteroatoms. The highest BCUT2D eigenvalue weighted by atomic mass is 16.5. The third-order valence-corrected chi connectivity index (χ3v) is 1.39. The van der Waals surface area contributed by atoms with Gasteiger partial charge < -0.3 is 15.2 Å². The van der Waals surface area contributed by atoms with Gasteiger partial charge in [0.1, 0.15) is 11.5 Å². The molecule has 0 heterocycles. The van der Waals surface area contributed by atoms with Gasteiger partial charge in [-0.2, -0.15) is 0 Å². The first-order valence-corrected chi connectivity index (χ1v) is 3.31. The maximum absolute atomic E-state index is 9.95. The minimum absolute atomic E-state index is 0.348. The molecule has 0 spiro atoms. The molecule has 64 valence electrons. The first kappa shape index (κ1) is 8.39. The van der Waals surface area contributed by atoms with Crippen molar-refractivity contribution in [1.82, 2.24) is 0 Å². The zero-order valence-corrected chi connectivity index (χ0v) is 6.61. The molecule has 2 N–H and O–H groups in total. The molecule has 0 bridgehead atoms. The Bertz CT molecular complexity index is 286. The lowest BCUT2D eigenvalue weighted by Crippen LogP contribution is -1.94. The molecule has 12 heavy (non-hydrogen) atoms. The number of methoxy groups -OCH3 is 1. The summed E-state index contributed by atoms with van der Waals surface area (Å²) in [4.78, 5) is 9.95. The summed E-state index contributed by atoms with van der Waals surface area (Å²) in [5.41, 5.74) is 5.98. The quantitative estimate of drug-likeness (QED) is 0.534. The lowest BCUT2D eigenvalue weighted by Gasteiger charge is -2.04. The molecule has 0 amide bonds. The number of carbonyl (C=O) groups is 1. The van der Waals surface area contributed by atoms with Gasteiger partial charge in [-0.3, -0.25) is 4.79 Å². The molecule has 0 atom stereocenters. The van der Waals surface area contributed by atoms with Crippen molar-refractivity contribution in [3.8, 4) is 11.5 Å². The minimum Gasteiger partial charge on any atom is -0.495 e. The van der Waals surface area contributed by atoms with Crippen LogP contribution in [-0.4, -0.2) is 13.6 Å². The number of anilines is 1. The Kier molecular flexibility index (Phi) is 2.53. The predicted molar refractivity (Wildman–Crippen MR) is 44.1 cm³/mol. The zero-order valence-electron chi connectivity index (χ0n) is 6.61. The van der Waals surface area contributed by atoms with E-state index in [1.54, 1.807) is 12.1 Å². The van der Waals surface area contributed by atoms with Gasteiger partial charge in [-0.05, 0) is 12.1 Å². The summed E-state index contributed by atoms with van der Waals surface area (Å²) < 4.78 is 9.48. The molecule has 4 nitrogen and oxygen atoms in total. The van der Waals surface area contributed by atoms with Gasteiger partial charge in [-0.25, -0.2) is 0 Å². The Morgan fingerprint density at radius 3 is 2.75 bits per heavy atom. The maximum Gasteiger partial charge on any atom is 0.298 e. The van der Waals surface area contributed by atoms with Gasteiger partial charge in [0.05, 0.1) is 12.8 Å². The van der Waals surface area contributed by atoms with Crippen LogP contribution in [0, 0.1) is 0 Å². The van der Waals surface area contributed by atoms with Crippen molar-refractivity contribution < 1.29 is 14.3 Å². The molecule has 1 aromatic carbocycles. The number of carbonyl (C=O) groups excluding carboxylic acids is 1. The van der Waals surface area contributed by atoms with Crippen molar-refractivity contribution in [1.29, 1.82) is 0 Å². The Morgan fingerprint density at radius 1 is 1.50 bits per heavy atom. The van der Waals surface area contributed by atoms with Crippen LogP contribution in [-0.2, 0) is 4.79 Å². The van der Waals surface area contributed by atoms with Gasteiger partial charge in [0.25, 0.3) is 6.47 Å². The van der Waals surface area contributed by atoms with Crippen LogP contribution < -0.4 is 15.2 Å². The third kappa shape index (κ3) is 1.66. The number of nitrogen functional groups attached to an aromatic ring is 1. The molecular formula is C8H9NO3. The summed E-state index contributed by atoms with van der Waals surface area (Å²) in [5.74, 6) is 0.969. The number of benzene rings is 1. The average molecular weight is 167 g/mol. The van der Waals surface area contributed by atoms with E-state index in [2.05, 4.69) is 4.74 Å². The smallest absolute Gasteiger partial charge is 0.298 e. The molecule has 1 rings (SSSR count). The Balaban J connectivity index is 2.93. The van der Waals surface area contributed by atoms with E-state index in [1.165, 1.54) is 13.2 Å². The highest BCUT2D eigenvalue weighted by molar-refractivity contribution is 5.58. The second-order valence-electron chi connectivity index (χ2n) is 2.12. The highest BCUT2D eigenvalue weighted by Gasteiger charge is 2.00. The number of ether oxygens (including phenoxy) is 2. The monoisotopic (exact) mass is 167 g/mol. The van der Waals surface area contributed by atoms with E-state index in [9.17, 15) is 4.79 Å². The van der Waals surface area contributed by atoms with Crippen molar-refractivity contribution in [2.45, 2.75) is 0 Å². The molecule has 0 fully saturated rings. The first-order valence-electron chi connectivity index (χ1n) is 3.31. The first-order chi connectivity index (χ1) is 5.77. The molecule has 0 aliphatic heterocycles. The van der Waals surface area contributed by atoms with Crippen LogP contribution in [0.25, 0.3) is 0 Å². The minimum atomic E-state index is 0.348. The van der Waals surface area contributed by atoms with Crippen molar-refractivity contribution >= 4 is 12.2 Å². The Morgan fingerprint density at radius 2 is 2.25 bits per heavy atom. The van der Waals surface area contributed by atoms with Gasteiger partial charge in [0.15, 0.2) is 0 Å². The van der Waals surface area contributed by atoms with E-state index in [1.807, 2.05) is 0 Å². The second-order valence-corrected chi connectivity index (χ2v) is 2.12. The summed E-state index contributed by atoms with van der Waals surface area (Å²) in [5, 5.41) is 0. The lowest BCUT2D eigenvalue weighted by atomic mass is 10.3. The molecule has 0 radical (unpaired) electrons. The highest BCUT2D eigenvalue weighted by Crippen LogP contribution is 2.25. The summed E-state index contributed by atoms with van der Waals surface area (Å²) >= 11 is 0. The van der Waals surface area contributed by atoms with Crippen molar-refractivity contribution in [2.24, 2.45) is 0 Å². The van der Waals surface area contributed by atoms with Gasteiger partial charge in [0, 0.05) is 6.07 Å². The summed E-state index contributed by atoms with van der Waals surface area (Å²) in [6.45, 7) is 0.348. The van der Waals surface area contributed by atoms with Crippen LogP contribution in [0.5, 0.6) is 11.5 Å². The van der Waals surface area contributed by atoms with Gasteiger partial charge in [0.2, 0.25) is 0 Å². The van der Waals surface area contributed by atoms with E-state index < -0.39 is 0 Å². The number of rotatable bonds is 3. The van der Waals surface area contributed by atoms with Crippen molar-refractivity contribution in [3.05, 3.63) is 18.2 Å². The fourth-order valence-electron chi connectivity index (χ4n) is 0.841. The molecule has 0 saturated heterocycles. The van der Waals surface area contributed by atoms with E-state index in [-0.39, 0.29) is 0 Å². The molecule has 0 unspecified atom stereocenters. The van der Waals surface area contributed by atoms with Gasteiger partial charge >= 0.3 is 0 Å². The average Bonchev–Trinajstić information content (AvgIpc) is 2.05. The second kappa shape index (κ2) is 3.61. The summed E-state index contributed by atoms with van der Waals surface area (Å²) in [6, 6.07) is 4.75. The van der Waals surface area contributed by atoms with E-state index in [0.29, 0.717) is 23.7 Å². The van der Waals surface area contributed by atoms with E-state index >= 15 is 0 Å². The normalized spacial score (nSPS) is 9.08. The fraction of sp³-hybridized carbons (Fsp3) is 0.125. The molecular weight excluding hydrogens is 158 g/mol. The topological polar surface area (TPSA) is 61.5 Å². The fourth-order valence-corrected chi connectivity index (χ4v) is 0.841. The van der Waals surface area contributed by atoms with Crippen LogP contribution in [0.15, 0.2) is 18.2 Å². The standard InChI is InChI=1S/C8H9NO3/c1-11-8-3-2-6(12-5-10)4-7(8)9/h2-5H,9H2,1H3. The van der Waals surface area contributed by atoms with Crippen LogP contribution in [0.4, 0.5) is 5.69 Å². The van der Waals surface area contributed by atoms with Crippen molar-refractivity contribution in [2.75, 3.05) is 12.8 Å². The zero-order chi connectivity index (χ0) is 8.97. The molecule has 0 aliphatic carbocycles. The van der Waals surface area contributed by atoms with Crippen LogP contribution in [0.2, 0.25) is 0 Å². The molecule has 1 aromatic rings. The summed E-state index contributed by atoms with van der Waals surface area (Å²) in [7, 11) is 1.52. The third-order valence-electron chi connectivity index (χ3n) is 1.39. The molecule has 0 aliphatic rings. The molecule has 0 aromatic heterocycles. The van der Waals surface area contributed by atoms with Gasteiger partial charge in [-0.1, -0.05) is 0 Å². The maximum atomic E-state index is 9.95. The van der Waals surface area contributed by atoms with Crippen LogP contribution in [0.1, 0.15) is 0 Å². The number of hydrogen-bond donors (Lipinski definition) is 1. The Hall–Kier alpha value is -1.71. The number of nitrogens with two attached hydrogens (primary N) is 1. The van der Waals surface area contributed by atoms with Crippen LogP contribution >= 0.6 is 0 Å². The lowest BCUT2D eigenvalue weighted by molar-refractivity contribution is -0.120. The van der Waals surface area contributed by atoms with Crippen LogP contribution in [0.3, 0.4) is 0 Å². The SMILES string of the molecule is COc1ccc(OC=O)cc1N. The van der Waals surface area contributed by atoms with Gasteiger partial charge in [-0.15, -0.1) is 0 Å². The molecule has 0 saturated carbocycles. The van der Waals surface area contributed by atoms with E-state index in [0.717, 1.165) is 0 Å². The predicted octanol–water partition coefficient (Wildman–Crippen LogP) is 0.813. The van der Waals surface area contributed by atoms with Crippen molar-refractivity contribution in [3.63, 3.8) is 0 Å². The Labute approximate surface area is 69.9 Å². The summed E-state index contributed by atoms with van der Waals surface area (Å²) in [6.07, 6.45) is 0. The van der Waals surface area contributed by atoms with E-state index in [4.69, 9.17) is 10.5 Å². The number of hydrogen-bond acceptors (Lipinski definition) is 4. The largest absolute Gasteiger partial charge is 0.495 e.